The van der Waals surface area contributed by atoms with Gasteiger partial charge in [0.1, 0.15) is 5.82 Å². The molecule has 154 valence electrons. The lowest BCUT2D eigenvalue weighted by atomic mass is 9.92. The molecule has 1 amide bonds. The Kier molecular flexibility index (Phi) is 6.63. The van der Waals surface area contributed by atoms with Gasteiger partial charge in [-0.15, -0.1) is 0 Å². The van der Waals surface area contributed by atoms with Crippen LogP contribution in [0.2, 0.25) is 5.02 Å². The third-order valence-corrected chi connectivity index (χ3v) is 6.79. The van der Waals surface area contributed by atoms with E-state index in [1.165, 1.54) is 0 Å². The van der Waals surface area contributed by atoms with Crippen LogP contribution >= 0.6 is 23.5 Å². The average Bonchev–Trinajstić information content (AvgIpc) is 3.23. The fraction of sp³-hybridized carbons (Fsp3) is 0.455. The topological polar surface area (TPSA) is 54.5 Å². The quantitative estimate of drug-likeness (QED) is 0.665. The van der Waals surface area contributed by atoms with Crippen LogP contribution in [0.25, 0.3) is 0 Å². The highest BCUT2D eigenvalue weighted by molar-refractivity contribution is 8.00. The predicted octanol–water partition coefficient (Wildman–Crippen LogP) is 5.12. The zero-order valence-corrected chi connectivity index (χ0v) is 18.2. The van der Waals surface area contributed by atoms with Crippen LogP contribution in [0.4, 0.5) is 11.5 Å². The van der Waals surface area contributed by atoms with Crippen molar-refractivity contribution in [3.05, 3.63) is 52.2 Å². The molecule has 29 heavy (non-hydrogen) atoms. The molecular weight excluding hydrogens is 406 g/mol. The van der Waals surface area contributed by atoms with Crippen molar-refractivity contribution < 1.29 is 9.53 Å². The molecule has 0 bridgehead atoms. The first-order valence-corrected chi connectivity index (χ1v) is 11.5. The lowest BCUT2D eigenvalue weighted by Gasteiger charge is -2.22. The van der Waals surface area contributed by atoms with Gasteiger partial charge in [0.15, 0.2) is 0 Å². The van der Waals surface area contributed by atoms with Crippen molar-refractivity contribution >= 4 is 41.0 Å². The number of amides is 1. The summed E-state index contributed by atoms with van der Waals surface area (Å²) >= 11 is 8.10. The van der Waals surface area contributed by atoms with Gasteiger partial charge in [0, 0.05) is 48.0 Å². The van der Waals surface area contributed by atoms with Gasteiger partial charge in [-0.05, 0) is 85.9 Å². The Morgan fingerprint density at radius 3 is 2.90 bits per heavy atom. The maximum absolute atomic E-state index is 13.0. The average molecular weight is 432 g/mol. The number of carbonyl (C=O) groups excluding carboxylic acids is 1. The van der Waals surface area contributed by atoms with Gasteiger partial charge in [-0.2, -0.15) is 0 Å². The van der Waals surface area contributed by atoms with Gasteiger partial charge in [0.25, 0.3) is 5.91 Å². The normalized spacial score (nSPS) is 17.5. The van der Waals surface area contributed by atoms with Gasteiger partial charge in [-0.25, -0.2) is 4.98 Å². The van der Waals surface area contributed by atoms with Crippen LogP contribution in [0.15, 0.2) is 30.5 Å². The molecule has 0 saturated carbocycles. The lowest BCUT2D eigenvalue weighted by molar-refractivity contribution is 0.0665. The molecule has 1 aromatic carbocycles. The highest BCUT2D eigenvalue weighted by atomic mass is 35.5. The van der Waals surface area contributed by atoms with Crippen LogP contribution in [-0.2, 0) is 11.2 Å². The number of aryl methyl sites for hydroxylation is 1. The van der Waals surface area contributed by atoms with Crippen molar-refractivity contribution in [1.82, 2.24) is 4.98 Å². The molecule has 0 spiro atoms. The summed E-state index contributed by atoms with van der Waals surface area (Å²) in [6.45, 7) is 4.53. The van der Waals surface area contributed by atoms with Crippen molar-refractivity contribution in [2.75, 3.05) is 35.1 Å². The van der Waals surface area contributed by atoms with Gasteiger partial charge in [-0.3, -0.25) is 4.79 Å². The number of hydrogen-bond acceptors (Lipinski definition) is 5. The number of hydrogen-bond donors (Lipinski definition) is 1. The third kappa shape index (κ3) is 5.24. The van der Waals surface area contributed by atoms with Gasteiger partial charge >= 0.3 is 0 Å². The molecule has 7 heteroatoms. The Labute approximate surface area is 181 Å². The van der Waals surface area contributed by atoms with E-state index in [4.69, 9.17) is 16.3 Å². The molecule has 0 aliphatic carbocycles. The van der Waals surface area contributed by atoms with E-state index in [9.17, 15) is 4.79 Å². The molecule has 0 atom stereocenters. The fourth-order valence-electron chi connectivity index (χ4n) is 3.84. The van der Waals surface area contributed by atoms with Crippen molar-refractivity contribution in [1.29, 1.82) is 0 Å². The number of nitrogens with one attached hydrogen (secondary N) is 1. The minimum Gasteiger partial charge on any atom is -0.381 e. The van der Waals surface area contributed by atoms with E-state index in [2.05, 4.69) is 14.6 Å². The molecule has 2 aliphatic rings. The van der Waals surface area contributed by atoms with Crippen molar-refractivity contribution in [3.63, 3.8) is 0 Å². The Balaban J connectivity index is 1.49. The highest BCUT2D eigenvalue weighted by Crippen LogP contribution is 2.29. The highest BCUT2D eigenvalue weighted by Gasteiger charge is 2.19. The van der Waals surface area contributed by atoms with Crippen LogP contribution in [0.5, 0.6) is 0 Å². The summed E-state index contributed by atoms with van der Waals surface area (Å²) in [5.74, 6) is 2.41. The van der Waals surface area contributed by atoms with Crippen molar-refractivity contribution in [2.45, 2.75) is 32.6 Å². The minimum absolute atomic E-state index is 0.130. The number of carbonyl (C=O) groups is 1. The van der Waals surface area contributed by atoms with E-state index in [1.807, 2.05) is 25.1 Å². The Hall–Kier alpha value is -1.76. The number of rotatable bonds is 5. The fourth-order valence-corrected chi connectivity index (χ4v) is 5.07. The Morgan fingerprint density at radius 1 is 1.31 bits per heavy atom. The summed E-state index contributed by atoms with van der Waals surface area (Å²) in [5.41, 5.74) is 3.39. The molecule has 1 N–H and O–H groups in total. The molecule has 2 aromatic rings. The van der Waals surface area contributed by atoms with Crippen LogP contribution in [0.1, 0.15) is 40.7 Å². The summed E-state index contributed by atoms with van der Waals surface area (Å²) in [5, 5.41) is 3.68. The maximum Gasteiger partial charge on any atom is 0.256 e. The minimum atomic E-state index is -0.130. The SMILES string of the molecule is Cc1cnc(N2CCCS2)cc1C(=O)Nc1cc(Cl)cc(CC2CCOCC2)c1. The molecular formula is C22H26ClN3O2S. The molecule has 0 unspecified atom stereocenters. The summed E-state index contributed by atoms with van der Waals surface area (Å²) in [6.07, 6.45) is 6.01. The second-order valence-electron chi connectivity index (χ2n) is 7.71. The van der Waals surface area contributed by atoms with Gasteiger partial charge in [0.2, 0.25) is 0 Å². The number of anilines is 2. The first-order chi connectivity index (χ1) is 14.1. The van der Waals surface area contributed by atoms with E-state index < -0.39 is 0 Å². The van der Waals surface area contributed by atoms with Crippen LogP contribution in [0.3, 0.4) is 0 Å². The second-order valence-corrected chi connectivity index (χ2v) is 9.25. The third-order valence-electron chi connectivity index (χ3n) is 5.42. The second kappa shape index (κ2) is 9.37. The lowest BCUT2D eigenvalue weighted by Crippen LogP contribution is -2.18. The zero-order chi connectivity index (χ0) is 20.2. The molecule has 2 saturated heterocycles. The number of pyridine rings is 1. The molecule has 2 aliphatic heterocycles. The van der Waals surface area contributed by atoms with Crippen LogP contribution in [-0.4, -0.2) is 36.4 Å². The molecule has 3 heterocycles. The molecule has 5 nitrogen and oxygen atoms in total. The largest absolute Gasteiger partial charge is 0.381 e. The monoisotopic (exact) mass is 431 g/mol. The Morgan fingerprint density at radius 2 is 2.14 bits per heavy atom. The first-order valence-electron chi connectivity index (χ1n) is 10.1. The summed E-state index contributed by atoms with van der Waals surface area (Å²) in [4.78, 5) is 17.5. The standard InChI is InChI=1S/C22H26ClN3O2S/c1-15-14-24-21(26-5-2-8-29-26)13-20(15)22(27)25-19-11-17(10-18(23)12-19)9-16-3-6-28-7-4-16/h10-14,16H,2-9H2,1H3,(H,25,27). The summed E-state index contributed by atoms with van der Waals surface area (Å²) in [6, 6.07) is 7.72. The number of aromatic nitrogens is 1. The number of nitrogens with zero attached hydrogens (tertiary/aromatic N) is 2. The van der Waals surface area contributed by atoms with E-state index >= 15 is 0 Å². The van der Waals surface area contributed by atoms with Crippen LogP contribution < -0.4 is 9.62 Å². The van der Waals surface area contributed by atoms with Crippen molar-refractivity contribution in [3.8, 4) is 0 Å². The van der Waals surface area contributed by atoms with Gasteiger partial charge < -0.3 is 14.4 Å². The Bertz CT molecular complexity index is 880. The summed E-state index contributed by atoms with van der Waals surface area (Å²) in [7, 11) is 0. The smallest absolute Gasteiger partial charge is 0.256 e. The first kappa shape index (κ1) is 20.5. The molecule has 2 fully saturated rings. The van der Waals surface area contributed by atoms with E-state index in [0.717, 1.165) is 73.8 Å². The van der Waals surface area contributed by atoms with Gasteiger partial charge in [0.05, 0.1) is 0 Å². The number of ether oxygens (including phenoxy) is 1. The molecule has 0 radical (unpaired) electrons. The van der Waals surface area contributed by atoms with E-state index in [-0.39, 0.29) is 5.91 Å². The summed E-state index contributed by atoms with van der Waals surface area (Å²) < 4.78 is 7.61. The maximum atomic E-state index is 13.0. The van der Waals surface area contributed by atoms with Gasteiger partial charge in [-0.1, -0.05) is 11.6 Å². The number of benzene rings is 1. The van der Waals surface area contributed by atoms with Crippen molar-refractivity contribution in [2.24, 2.45) is 5.92 Å². The predicted molar refractivity (Wildman–Crippen MR) is 120 cm³/mol. The van der Waals surface area contributed by atoms with Crippen LogP contribution in [0, 0.1) is 12.8 Å². The van der Waals surface area contributed by atoms with E-state index in [0.29, 0.717) is 16.5 Å². The molecule has 4 rings (SSSR count). The zero-order valence-electron chi connectivity index (χ0n) is 16.6. The number of halogens is 1. The van der Waals surface area contributed by atoms with E-state index in [1.54, 1.807) is 24.2 Å². The molecule has 1 aromatic heterocycles.